The molecule has 0 unspecified atom stereocenters. The first-order chi connectivity index (χ1) is 15.1. The maximum absolute atomic E-state index is 11.0. The number of hydrogen-bond acceptors (Lipinski definition) is 7. The van der Waals surface area contributed by atoms with Gasteiger partial charge in [-0.15, -0.1) is 6.58 Å². The summed E-state index contributed by atoms with van der Waals surface area (Å²) in [5, 5.41) is 11.0. The maximum Gasteiger partial charge on any atom is 0.313 e. The van der Waals surface area contributed by atoms with Crippen molar-refractivity contribution in [2.75, 3.05) is 13.7 Å². The molecule has 4 bridgehead atoms. The average Bonchev–Trinajstić information content (AvgIpc) is 2.82. The Morgan fingerprint density at radius 1 is 0.935 bits per heavy atom. The fraction of sp³-hybridized carbons (Fsp3) is 0.417. The summed E-state index contributed by atoms with van der Waals surface area (Å²) >= 11 is 0. The predicted molar refractivity (Wildman–Crippen MR) is 110 cm³/mol. The molecular formula is C24H26O7. The molecule has 0 radical (unpaired) electrons. The average molecular weight is 426 g/mol. The van der Waals surface area contributed by atoms with Gasteiger partial charge in [-0.25, -0.2) is 0 Å². The summed E-state index contributed by atoms with van der Waals surface area (Å²) in [5.74, 6) is -0.602. The van der Waals surface area contributed by atoms with Crippen molar-refractivity contribution in [3.8, 4) is 5.75 Å². The molecule has 1 saturated carbocycles. The van der Waals surface area contributed by atoms with Crippen molar-refractivity contribution >= 4 is 0 Å². The van der Waals surface area contributed by atoms with E-state index in [-0.39, 0.29) is 0 Å². The van der Waals surface area contributed by atoms with Crippen LogP contribution in [0.5, 0.6) is 5.75 Å². The summed E-state index contributed by atoms with van der Waals surface area (Å²) in [6.07, 6.45) is -1.96. The normalized spacial score (nSPS) is 35.8. The van der Waals surface area contributed by atoms with Crippen LogP contribution in [0.3, 0.4) is 0 Å². The second kappa shape index (κ2) is 8.35. The van der Waals surface area contributed by atoms with Gasteiger partial charge >= 0.3 is 5.97 Å². The van der Waals surface area contributed by atoms with Gasteiger partial charge in [0.15, 0.2) is 0 Å². The molecule has 31 heavy (non-hydrogen) atoms. The van der Waals surface area contributed by atoms with E-state index in [9.17, 15) is 5.11 Å². The summed E-state index contributed by atoms with van der Waals surface area (Å²) in [6.45, 7) is 4.36. The fourth-order valence-corrected chi connectivity index (χ4v) is 4.48. The van der Waals surface area contributed by atoms with Gasteiger partial charge in [-0.05, 0) is 17.7 Å². The topological polar surface area (TPSA) is 75.6 Å². The monoisotopic (exact) mass is 426 g/mol. The molecule has 7 heteroatoms. The van der Waals surface area contributed by atoms with Crippen LogP contribution in [0.1, 0.15) is 11.1 Å². The highest BCUT2D eigenvalue weighted by atomic mass is 16.9. The van der Waals surface area contributed by atoms with E-state index in [0.29, 0.717) is 13.2 Å². The molecule has 3 aliphatic heterocycles. The molecule has 1 N–H and O–H groups in total. The van der Waals surface area contributed by atoms with Crippen LogP contribution in [0.4, 0.5) is 0 Å². The minimum Gasteiger partial charge on any atom is -0.497 e. The van der Waals surface area contributed by atoms with Crippen LogP contribution >= 0.6 is 0 Å². The van der Waals surface area contributed by atoms with Crippen molar-refractivity contribution < 1.29 is 33.5 Å². The van der Waals surface area contributed by atoms with Crippen LogP contribution in [0.15, 0.2) is 67.3 Å². The van der Waals surface area contributed by atoms with Crippen molar-refractivity contribution in [3.63, 3.8) is 0 Å². The van der Waals surface area contributed by atoms with Crippen molar-refractivity contribution in [2.24, 2.45) is 0 Å². The Kier molecular flexibility index (Phi) is 5.56. The van der Waals surface area contributed by atoms with E-state index >= 15 is 0 Å². The number of aliphatic hydroxyl groups is 1. The molecule has 4 fully saturated rings. The van der Waals surface area contributed by atoms with Crippen molar-refractivity contribution in [1.82, 2.24) is 0 Å². The lowest BCUT2D eigenvalue weighted by Crippen LogP contribution is -2.78. The molecule has 1 aliphatic carbocycles. The number of ether oxygens (including phenoxy) is 6. The van der Waals surface area contributed by atoms with Crippen LogP contribution in [0, 0.1) is 0 Å². The van der Waals surface area contributed by atoms with Gasteiger partial charge in [0.25, 0.3) is 0 Å². The second-order valence-corrected chi connectivity index (χ2v) is 7.87. The van der Waals surface area contributed by atoms with Gasteiger partial charge in [0.2, 0.25) is 0 Å². The van der Waals surface area contributed by atoms with Crippen molar-refractivity contribution in [1.29, 1.82) is 0 Å². The minimum absolute atomic E-state index is 0.312. The zero-order valence-corrected chi connectivity index (χ0v) is 17.3. The zero-order valence-electron chi connectivity index (χ0n) is 17.3. The zero-order chi connectivity index (χ0) is 21.4. The molecule has 3 saturated heterocycles. The summed E-state index contributed by atoms with van der Waals surface area (Å²) in [4.78, 5) is 0. The fourth-order valence-electron chi connectivity index (χ4n) is 4.48. The molecular weight excluding hydrogens is 400 g/mol. The predicted octanol–water partition coefficient (Wildman–Crippen LogP) is 2.52. The van der Waals surface area contributed by atoms with Gasteiger partial charge in [-0.1, -0.05) is 48.5 Å². The van der Waals surface area contributed by atoms with Gasteiger partial charge in [0.1, 0.15) is 42.4 Å². The quantitative estimate of drug-likeness (QED) is 0.650. The van der Waals surface area contributed by atoms with Gasteiger partial charge < -0.3 is 33.5 Å². The molecule has 164 valence electrons. The van der Waals surface area contributed by atoms with E-state index in [0.717, 1.165) is 16.9 Å². The number of hydrogen-bond donors (Lipinski definition) is 1. The van der Waals surface area contributed by atoms with Gasteiger partial charge in [0, 0.05) is 5.56 Å². The summed E-state index contributed by atoms with van der Waals surface area (Å²) < 4.78 is 36.0. The first-order valence-electron chi connectivity index (χ1n) is 10.4. The van der Waals surface area contributed by atoms with Crippen LogP contribution in [-0.4, -0.2) is 55.4 Å². The van der Waals surface area contributed by atoms with E-state index in [2.05, 4.69) is 6.58 Å². The van der Waals surface area contributed by atoms with E-state index in [1.54, 1.807) is 13.2 Å². The number of methoxy groups -OCH3 is 1. The molecule has 7 nitrogen and oxygen atoms in total. The highest BCUT2D eigenvalue weighted by molar-refractivity contribution is 5.27. The lowest BCUT2D eigenvalue weighted by atomic mass is 9.81. The highest BCUT2D eigenvalue weighted by Crippen LogP contribution is 2.51. The van der Waals surface area contributed by atoms with Gasteiger partial charge in [0.05, 0.1) is 20.3 Å². The third kappa shape index (κ3) is 3.57. The molecule has 2 aromatic carbocycles. The van der Waals surface area contributed by atoms with Crippen molar-refractivity contribution in [2.45, 2.75) is 49.2 Å². The Morgan fingerprint density at radius 2 is 1.58 bits per heavy atom. The molecule has 6 rings (SSSR count). The molecule has 3 heterocycles. The Morgan fingerprint density at radius 3 is 2.23 bits per heavy atom. The third-order valence-electron chi connectivity index (χ3n) is 5.98. The molecule has 0 aromatic heterocycles. The van der Waals surface area contributed by atoms with Crippen LogP contribution < -0.4 is 4.74 Å². The van der Waals surface area contributed by atoms with E-state index in [1.807, 2.05) is 54.6 Å². The van der Waals surface area contributed by atoms with E-state index < -0.39 is 42.6 Å². The first kappa shape index (κ1) is 20.6. The first-order valence-corrected chi connectivity index (χ1v) is 10.4. The highest BCUT2D eigenvalue weighted by Gasteiger charge is 2.68. The molecule has 2 aromatic rings. The SMILES string of the molecule is C=CCO[C@H]1[C@H]2O[C@@]3(c4ccccc4)O[C@@H]1[C@H](O)[C@H](O3)[C@H]2OCc1ccc(OC)cc1. The standard InChI is InChI=1S/C24H26O7/c1-3-13-27-21-19-18(25)20-22(28-14-15-9-11-17(26-2)12-10-15)23(21)31-24(29-19,30-20)16-7-5-4-6-8-16/h3-12,18-23,25H,1,13-14H2,2H3/t18-,19+,20-,21+,22+,23+,24-/m0/s1. The number of aliphatic hydroxyl groups excluding tert-OH is 1. The number of benzene rings is 2. The second-order valence-electron chi connectivity index (χ2n) is 7.87. The minimum atomic E-state index is -1.38. The summed E-state index contributed by atoms with van der Waals surface area (Å²) in [7, 11) is 1.63. The van der Waals surface area contributed by atoms with Crippen LogP contribution in [0.25, 0.3) is 0 Å². The lowest BCUT2D eigenvalue weighted by molar-refractivity contribution is -0.551. The Labute approximate surface area is 181 Å². The van der Waals surface area contributed by atoms with Crippen LogP contribution in [-0.2, 0) is 36.3 Å². The van der Waals surface area contributed by atoms with Gasteiger partial charge in [-0.3, -0.25) is 0 Å². The van der Waals surface area contributed by atoms with E-state index in [1.165, 1.54) is 0 Å². The van der Waals surface area contributed by atoms with Crippen LogP contribution in [0.2, 0.25) is 0 Å². The molecule has 4 aliphatic rings. The summed E-state index contributed by atoms with van der Waals surface area (Å²) in [5.41, 5.74) is 1.71. The Hall–Kier alpha value is -2.26. The molecule has 0 amide bonds. The third-order valence-corrected chi connectivity index (χ3v) is 5.98. The van der Waals surface area contributed by atoms with Gasteiger partial charge in [-0.2, -0.15) is 0 Å². The Balaban J connectivity index is 1.41. The maximum atomic E-state index is 11.0. The lowest BCUT2D eigenvalue weighted by Gasteiger charge is -2.62. The molecule has 0 spiro atoms. The van der Waals surface area contributed by atoms with E-state index in [4.69, 9.17) is 28.4 Å². The van der Waals surface area contributed by atoms with Crippen molar-refractivity contribution in [3.05, 3.63) is 78.4 Å². The largest absolute Gasteiger partial charge is 0.497 e. The smallest absolute Gasteiger partial charge is 0.313 e. The Bertz CT molecular complexity index is 902. The molecule has 7 atom stereocenters. The number of rotatable bonds is 8. The summed E-state index contributed by atoms with van der Waals surface area (Å²) in [6, 6.07) is 17.1.